The van der Waals surface area contributed by atoms with Crippen molar-refractivity contribution in [1.29, 1.82) is 0 Å². The molecule has 84 valence electrons. The Morgan fingerprint density at radius 3 is 2.53 bits per heavy atom. The molecule has 1 aromatic rings. The van der Waals surface area contributed by atoms with Gasteiger partial charge in [0.2, 0.25) is 0 Å². The lowest BCUT2D eigenvalue weighted by atomic mass is 9.95. The van der Waals surface area contributed by atoms with Crippen molar-refractivity contribution in [3.05, 3.63) is 22.7 Å². The highest BCUT2D eigenvalue weighted by Gasteiger charge is 2.16. The quantitative estimate of drug-likeness (QED) is 0.837. The summed E-state index contributed by atoms with van der Waals surface area (Å²) in [6, 6.07) is 3.19. The minimum absolute atomic E-state index is 0.162. The van der Waals surface area contributed by atoms with E-state index < -0.39 is 0 Å². The second-order valence-electron chi connectivity index (χ2n) is 4.28. The van der Waals surface area contributed by atoms with Gasteiger partial charge in [0.25, 0.3) is 0 Å². The van der Waals surface area contributed by atoms with Crippen molar-refractivity contribution in [2.45, 2.75) is 25.8 Å². The number of rotatable bonds is 3. The smallest absolute Gasteiger partial charge is 0.141 e. The van der Waals surface area contributed by atoms with Crippen LogP contribution in [0.1, 0.15) is 19.4 Å². The molecular weight excluding hydrogens is 214 g/mol. The van der Waals surface area contributed by atoms with Crippen LogP contribution in [0.2, 0.25) is 5.02 Å². The van der Waals surface area contributed by atoms with E-state index in [-0.39, 0.29) is 11.3 Å². The van der Waals surface area contributed by atoms with Crippen molar-refractivity contribution in [2.24, 2.45) is 5.73 Å². The molecule has 0 amide bonds. The van der Waals surface area contributed by atoms with E-state index in [1.807, 2.05) is 13.8 Å². The third-order valence-corrected chi connectivity index (χ3v) is 2.29. The highest BCUT2D eigenvalue weighted by molar-refractivity contribution is 6.32. The van der Waals surface area contributed by atoms with Gasteiger partial charge < -0.3 is 15.6 Å². The molecule has 1 aromatic carbocycles. The largest absolute Gasteiger partial charge is 0.508 e. The zero-order chi connectivity index (χ0) is 11.6. The number of phenols is 1. The summed E-state index contributed by atoms with van der Waals surface area (Å²) < 4.78 is 4.99. The molecule has 0 unspecified atom stereocenters. The van der Waals surface area contributed by atoms with Gasteiger partial charge in [0.15, 0.2) is 0 Å². The second-order valence-corrected chi connectivity index (χ2v) is 4.69. The predicted octanol–water partition coefficient (Wildman–Crippen LogP) is 2.33. The molecule has 0 atom stereocenters. The molecule has 0 radical (unpaired) electrons. The van der Waals surface area contributed by atoms with E-state index in [1.54, 1.807) is 6.07 Å². The van der Waals surface area contributed by atoms with E-state index in [0.717, 1.165) is 5.56 Å². The molecule has 3 N–H and O–H groups in total. The van der Waals surface area contributed by atoms with Crippen molar-refractivity contribution in [3.63, 3.8) is 0 Å². The normalized spacial score (nSPS) is 11.5. The standard InChI is InChI=1S/C11H16ClNO2/c1-11(2,13)6-7-4-8(12)10(15-3)5-9(7)14/h4-5,14H,6,13H2,1-3H3. The Balaban J connectivity index is 3.05. The Bertz CT molecular complexity index is 358. The van der Waals surface area contributed by atoms with Gasteiger partial charge in [-0.25, -0.2) is 0 Å². The van der Waals surface area contributed by atoms with E-state index in [1.165, 1.54) is 13.2 Å². The van der Waals surface area contributed by atoms with Crippen LogP contribution in [0.25, 0.3) is 0 Å². The fourth-order valence-corrected chi connectivity index (χ4v) is 1.64. The third kappa shape index (κ3) is 3.29. The number of methoxy groups -OCH3 is 1. The predicted molar refractivity (Wildman–Crippen MR) is 61.6 cm³/mol. The maximum Gasteiger partial charge on any atom is 0.141 e. The molecule has 0 heterocycles. The van der Waals surface area contributed by atoms with E-state index >= 15 is 0 Å². The number of phenolic OH excluding ortho intramolecular Hbond substituents is 1. The first-order valence-corrected chi connectivity index (χ1v) is 5.05. The fourth-order valence-electron chi connectivity index (χ4n) is 1.37. The zero-order valence-corrected chi connectivity index (χ0v) is 9.93. The number of halogens is 1. The second kappa shape index (κ2) is 4.29. The molecule has 0 saturated carbocycles. The van der Waals surface area contributed by atoms with Gasteiger partial charge in [0.1, 0.15) is 11.5 Å². The maximum atomic E-state index is 9.72. The van der Waals surface area contributed by atoms with E-state index in [0.29, 0.717) is 17.2 Å². The van der Waals surface area contributed by atoms with Gasteiger partial charge in [-0.1, -0.05) is 11.6 Å². The maximum absolute atomic E-state index is 9.72. The lowest BCUT2D eigenvalue weighted by Crippen LogP contribution is -2.34. The topological polar surface area (TPSA) is 55.5 Å². The van der Waals surface area contributed by atoms with Crippen LogP contribution in [0.5, 0.6) is 11.5 Å². The Labute approximate surface area is 94.8 Å². The summed E-state index contributed by atoms with van der Waals surface area (Å²) in [6.07, 6.45) is 0.558. The first kappa shape index (κ1) is 12.1. The minimum atomic E-state index is -0.380. The SMILES string of the molecule is COc1cc(O)c(CC(C)(C)N)cc1Cl. The van der Waals surface area contributed by atoms with Crippen LogP contribution in [-0.4, -0.2) is 17.8 Å². The molecule has 0 aliphatic heterocycles. The summed E-state index contributed by atoms with van der Waals surface area (Å²) in [4.78, 5) is 0. The zero-order valence-electron chi connectivity index (χ0n) is 9.17. The number of hydrogen-bond acceptors (Lipinski definition) is 3. The summed E-state index contributed by atoms with van der Waals surface area (Å²) in [6.45, 7) is 3.79. The Morgan fingerprint density at radius 1 is 1.47 bits per heavy atom. The molecule has 0 spiro atoms. The molecule has 0 aliphatic rings. The van der Waals surface area contributed by atoms with Crippen LogP contribution in [0.15, 0.2) is 12.1 Å². The van der Waals surface area contributed by atoms with Crippen molar-refractivity contribution in [3.8, 4) is 11.5 Å². The molecule has 0 aliphatic carbocycles. The first-order chi connectivity index (χ1) is 6.83. The van der Waals surface area contributed by atoms with Crippen LogP contribution in [-0.2, 0) is 6.42 Å². The van der Waals surface area contributed by atoms with Crippen LogP contribution >= 0.6 is 11.6 Å². The third-order valence-electron chi connectivity index (χ3n) is 2.00. The van der Waals surface area contributed by atoms with Gasteiger partial charge in [-0.15, -0.1) is 0 Å². The molecule has 4 heteroatoms. The summed E-state index contributed by atoms with van der Waals surface area (Å²) in [5.41, 5.74) is 6.22. The lowest BCUT2D eigenvalue weighted by molar-refractivity contribution is 0.404. The molecule has 0 bridgehead atoms. The van der Waals surface area contributed by atoms with E-state index in [4.69, 9.17) is 22.1 Å². The van der Waals surface area contributed by atoms with Gasteiger partial charge in [-0.3, -0.25) is 0 Å². The summed E-state index contributed by atoms with van der Waals surface area (Å²) in [5, 5.41) is 10.2. The van der Waals surface area contributed by atoms with E-state index in [9.17, 15) is 5.11 Å². The Kier molecular flexibility index (Phi) is 3.47. The number of aromatic hydroxyl groups is 1. The molecule has 0 aromatic heterocycles. The molecular formula is C11H16ClNO2. The highest BCUT2D eigenvalue weighted by atomic mass is 35.5. The van der Waals surface area contributed by atoms with Crippen LogP contribution in [0.4, 0.5) is 0 Å². The summed E-state index contributed by atoms with van der Waals surface area (Å²) in [5.74, 6) is 0.627. The van der Waals surface area contributed by atoms with Gasteiger partial charge in [-0.05, 0) is 31.9 Å². The van der Waals surface area contributed by atoms with Crippen LogP contribution in [0, 0.1) is 0 Å². The van der Waals surface area contributed by atoms with Gasteiger partial charge in [0.05, 0.1) is 12.1 Å². The average molecular weight is 230 g/mol. The van der Waals surface area contributed by atoms with Crippen molar-refractivity contribution >= 4 is 11.6 Å². The first-order valence-electron chi connectivity index (χ1n) is 4.68. The average Bonchev–Trinajstić information content (AvgIpc) is 2.08. The molecule has 1 rings (SSSR count). The van der Waals surface area contributed by atoms with Crippen molar-refractivity contribution < 1.29 is 9.84 Å². The molecule has 0 saturated heterocycles. The Hall–Kier alpha value is -0.930. The minimum Gasteiger partial charge on any atom is -0.508 e. The molecule has 0 fully saturated rings. The number of nitrogens with two attached hydrogens (primary N) is 1. The van der Waals surface area contributed by atoms with Gasteiger partial charge in [0, 0.05) is 11.6 Å². The van der Waals surface area contributed by atoms with Gasteiger partial charge >= 0.3 is 0 Å². The summed E-state index contributed by atoms with van der Waals surface area (Å²) >= 11 is 5.95. The van der Waals surface area contributed by atoms with Crippen LogP contribution < -0.4 is 10.5 Å². The number of hydrogen-bond donors (Lipinski definition) is 2. The number of ether oxygens (including phenoxy) is 1. The summed E-state index contributed by atoms with van der Waals surface area (Å²) in [7, 11) is 1.51. The van der Waals surface area contributed by atoms with E-state index in [2.05, 4.69) is 0 Å². The van der Waals surface area contributed by atoms with Crippen molar-refractivity contribution in [1.82, 2.24) is 0 Å². The fraction of sp³-hybridized carbons (Fsp3) is 0.455. The highest BCUT2D eigenvalue weighted by Crippen LogP contribution is 2.33. The van der Waals surface area contributed by atoms with Crippen LogP contribution in [0.3, 0.4) is 0 Å². The Morgan fingerprint density at radius 2 is 2.07 bits per heavy atom. The number of benzene rings is 1. The molecule has 3 nitrogen and oxygen atoms in total. The van der Waals surface area contributed by atoms with Crippen molar-refractivity contribution in [2.75, 3.05) is 7.11 Å². The molecule has 15 heavy (non-hydrogen) atoms. The lowest BCUT2D eigenvalue weighted by Gasteiger charge is -2.19. The monoisotopic (exact) mass is 229 g/mol. The van der Waals surface area contributed by atoms with Gasteiger partial charge in [-0.2, -0.15) is 0 Å².